The average molecular weight is 833 g/mol. The lowest BCUT2D eigenvalue weighted by molar-refractivity contribution is -0.138. The first-order valence-electron chi connectivity index (χ1n) is 22.1. The van der Waals surface area contributed by atoms with E-state index in [4.69, 9.17) is 9.47 Å². The van der Waals surface area contributed by atoms with Crippen molar-refractivity contribution in [1.29, 1.82) is 0 Å². The Morgan fingerprint density at radius 2 is 0.781 bits per heavy atom. The zero-order valence-corrected chi connectivity index (χ0v) is 35.9. The van der Waals surface area contributed by atoms with Gasteiger partial charge in [0.15, 0.2) is 0 Å². The molecular formula is C60H48O4. The summed E-state index contributed by atoms with van der Waals surface area (Å²) in [6.07, 6.45) is 9.44. The molecule has 0 radical (unpaired) electrons. The van der Waals surface area contributed by atoms with E-state index in [0.717, 1.165) is 24.0 Å². The molecule has 0 saturated heterocycles. The van der Waals surface area contributed by atoms with Crippen LogP contribution >= 0.6 is 0 Å². The van der Waals surface area contributed by atoms with Gasteiger partial charge >= 0.3 is 11.9 Å². The Bertz CT molecular complexity index is 3040. The molecule has 4 nitrogen and oxygen atoms in total. The van der Waals surface area contributed by atoms with Crippen molar-refractivity contribution >= 4 is 44.3 Å². The van der Waals surface area contributed by atoms with Gasteiger partial charge in [-0.3, -0.25) is 0 Å². The fourth-order valence-electron chi connectivity index (χ4n) is 10.9. The van der Waals surface area contributed by atoms with E-state index in [2.05, 4.69) is 184 Å². The van der Waals surface area contributed by atoms with Gasteiger partial charge in [-0.05, 0) is 149 Å². The van der Waals surface area contributed by atoms with Crippen molar-refractivity contribution in [3.05, 3.63) is 218 Å². The molecule has 0 heterocycles. The van der Waals surface area contributed by atoms with E-state index in [-0.39, 0.29) is 0 Å². The number of esters is 2. The smallest absolute Gasteiger partial charge is 0.330 e. The first-order valence-corrected chi connectivity index (χ1v) is 22.1. The number of hydrogen-bond acceptors (Lipinski definition) is 4. The van der Waals surface area contributed by atoms with Crippen LogP contribution in [-0.2, 0) is 29.9 Å². The van der Waals surface area contributed by atoms with Gasteiger partial charge in [0, 0.05) is 23.0 Å². The van der Waals surface area contributed by atoms with Gasteiger partial charge in [0.05, 0.1) is 13.2 Å². The lowest BCUT2D eigenvalue weighted by Crippen LogP contribution is -2.23. The summed E-state index contributed by atoms with van der Waals surface area (Å²) in [7, 11) is 0. The van der Waals surface area contributed by atoms with Crippen molar-refractivity contribution in [2.24, 2.45) is 0 Å². The van der Waals surface area contributed by atoms with Gasteiger partial charge in [0.25, 0.3) is 0 Å². The van der Waals surface area contributed by atoms with Crippen LogP contribution in [0.2, 0.25) is 0 Å². The van der Waals surface area contributed by atoms with Crippen LogP contribution in [0.5, 0.6) is 0 Å². The second kappa shape index (κ2) is 16.3. The molecule has 0 amide bonds. The van der Waals surface area contributed by atoms with Gasteiger partial charge in [-0.25, -0.2) is 9.59 Å². The number of rotatable bonds is 14. The predicted molar refractivity (Wildman–Crippen MR) is 263 cm³/mol. The van der Waals surface area contributed by atoms with E-state index in [1.807, 2.05) is 0 Å². The molecule has 2 aliphatic carbocycles. The fraction of sp³-hybridized carbons (Fsp3) is 0.133. The largest absolute Gasteiger partial charge is 0.463 e. The fourth-order valence-corrected chi connectivity index (χ4v) is 10.9. The van der Waals surface area contributed by atoms with E-state index >= 15 is 0 Å². The maximum Gasteiger partial charge on any atom is 0.330 e. The minimum atomic E-state index is -0.449. The highest BCUT2D eigenvalue weighted by Crippen LogP contribution is 2.55. The van der Waals surface area contributed by atoms with Crippen LogP contribution in [0.15, 0.2) is 196 Å². The van der Waals surface area contributed by atoms with Gasteiger partial charge in [-0.1, -0.05) is 147 Å². The summed E-state index contributed by atoms with van der Waals surface area (Å²) in [6, 6.07) is 53.3. The molecule has 0 fully saturated rings. The highest BCUT2D eigenvalue weighted by atomic mass is 16.5. The summed E-state index contributed by atoms with van der Waals surface area (Å²) in [6.45, 7) is 16.6. The molecule has 8 aromatic carbocycles. The van der Waals surface area contributed by atoms with E-state index in [1.165, 1.54) is 100 Å². The Morgan fingerprint density at radius 1 is 0.406 bits per heavy atom. The monoisotopic (exact) mass is 832 g/mol. The van der Waals surface area contributed by atoms with Crippen molar-refractivity contribution < 1.29 is 19.1 Å². The predicted octanol–water partition coefficient (Wildman–Crippen LogP) is 14.4. The normalized spacial score (nSPS) is 16.7. The first kappa shape index (κ1) is 40.5. The zero-order chi connectivity index (χ0) is 44.0. The molecule has 64 heavy (non-hydrogen) atoms. The molecule has 0 aliphatic heterocycles. The van der Waals surface area contributed by atoms with Crippen LogP contribution in [-0.4, -0.2) is 25.2 Å². The van der Waals surface area contributed by atoms with Crippen LogP contribution in [0, 0.1) is 0 Å². The summed E-state index contributed by atoms with van der Waals surface area (Å²) in [4.78, 5) is 23.9. The number of allylic oxidation sites excluding steroid dienone is 2. The van der Waals surface area contributed by atoms with Crippen molar-refractivity contribution in [3.63, 3.8) is 0 Å². The highest BCUT2D eigenvalue weighted by molar-refractivity contribution is 6.24. The summed E-state index contributed by atoms with van der Waals surface area (Å²) in [5.74, 6) is -0.814. The number of hydrogen-bond donors (Lipinski definition) is 0. The minimum Gasteiger partial charge on any atom is -0.463 e. The molecule has 0 aromatic heterocycles. The Balaban J connectivity index is 1.12. The highest BCUT2D eigenvalue weighted by Gasteiger charge is 2.42. The molecule has 0 bridgehead atoms. The van der Waals surface area contributed by atoms with Gasteiger partial charge < -0.3 is 9.47 Å². The maximum absolute atomic E-state index is 11.9. The van der Waals surface area contributed by atoms with Crippen LogP contribution in [0.25, 0.3) is 76.8 Å². The molecular weight excluding hydrogens is 785 g/mol. The van der Waals surface area contributed by atoms with E-state index < -0.39 is 22.8 Å². The van der Waals surface area contributed by atoms with Crippen molar-refractivity contribution in [2.45, 2.75) is 36.5 Å². The third-order valence-electron chi connectivity index (χ3n) is 13.9. The topological polar surface area (TPSA) is 52.6 Å². The summed E-state index contributed by atoms with van der Waals surface area (Å²) in [5.41, 5.74) is 13.4. The summed E-state index contributed by atoms with van der Waals surface area (Å²) < 4.78 is 10.9. The number of benzene rings is 8. The Hall–Kier alpha value is -7.56. The third kappa shape index (κ3) is 6.35. The molecule has 312 valence electrons. The van der Waals surface area contributed by atoms with Crippen LogP contribution in [0.1, 0.15) is 47.9 Å². The molecule has 8 aromatic rings. The first-order chi connectivity index (χ1) is 31.4. The van der Waals surface area contributed by atoms with Crippen molar-refractivity contribution in [1.82, 2.24) is 0 Å². The van der Waals surface area contributed by atoms with Gasteiger partial charge in [-0.2, -0.15) is 0 Å². The Labute approximate surface area is 374 Å². The quantitative estimate of drug-likeness (QED) is 0.0360. The van der Waals surface area contributed by atoms with Gasteiger partial charge in [-0.15, -0.1) is 13.2 Å². The third-order valence-corrected chi connectivity index (χ3v) is 13.9. The van der Waals surface area contributed by atoms with Gasteiger partial charge in [0.2, 0.25) is 0 Å². The molecule has 4 heteroatoms. The molecule has 10 rings (SSSR count). The van der Waals surface area contributed by atoms with Crippen molar-refractivity contribution in [2.75, 3.05) is 13.2 Å². The number of ether oxygens (including phenoxy) is 2. The van der Waals surface area contributed by atoms with Crippen molar-refractivity contribution in [3.8, 4) is 44.5 Å². The number of carbonyl (C=O) groups excluding carboxylic acids is 2. The van der Waals surface area contributed by atoms with E-state index in [0.29, 0.717) is 26.1 Å². The second-order valence-corrected chi connectivity index (χ2v) is 16.9. The Morgan fingerprint density at radius 3 is 1.19 bits per heavy atom. The molecule has 2 atom stereocenters. The standard InChI is InChI=1S/C60H48O4/c1-5-57(61)63-33-17-31-59(7-3)53-25-15-13-23-45(53)47-29-27-39(35-55(47)59)49-37-51-44-22-12-10-20-42(44)50(38-52(51)43-21-11-9-19-41(43)49)40-28-30-48-46-24-14-16-26-54(46)60(8-4,56(48)36-40)32-18-34-64-58(62)6-2/h5-16,19-30,35-38H,1-4,17-18,31-34H2. The molecule has 0 N–H and O–H groups in total. The van der Waals surface area contributed by atoms with E-state index in [1.54, 1.807) is 0 Å². The second-order valence-electron chi connectivity index (χ2n) is 16.9. The van der Waals surface area contributed by atoms with E-state index in [9.17, 15) is 9.59 Å². The SMILES string of the molecule is C=CC(=O)OCCCC1(C=C)c2ccccc2-c2ccc(-c3cc4c5ccccc5c(-c5ccc6c(c5)C(C=C)(CCCOC(=O)C=C)c5ccccc5-6)cc4c4ccccc34)cc21. The minimum absolute atomic E-state index is 0.311. The lowest BCUT2D eigenvalue weighted by Gasteiger charge is -2.29. The summed E-state index contributed by atoms with van der Waals surface area (Å²) >= 11 is 0. The zero-order valence-electron chi connectivity index (χ0n) is 35.9. The lowest BCUT2D eigenvalue weighted by atomic mass is 9.74. The van der Waals surface area contributed by atoms with Crippen LogP contribution < -0.4 is 0 Å². The molecule has 2 aliphatic rings. The Kier molecular flexibility index (Phi) is 10.3. The molecule has 2 unspecified atom stereocenters. The van der Waals surface area contributed by atoms with Crippen LogP contribution in [0.4, 0.5) is 0 Å². The number of carbonyl (C=O) groups is 2. The van der Waals surface area contributed by atoms with Crippen LogP contribution in [0.3, 0.4) is 0 Å². The van der Waals surface area contributed by atoms with Gasteiger partial charge in [0.1, 0.15) is 0 Å². The summed E-state index contributed by atoms with van der Waals surface area (Å²) in [5, 5.41) is 7.12. The average Bonchev–Trinajstić information content (AvgIpc) is 3.79. The molecule has 0 saturated carbocycles. The molecule has 0 spiro atoms. The number of fused-ring (bicyclic) bond motifs is 11. The maximum atomic E-state index is 11.9.